The zero-order valence-corrected chi connectivity index (χ0v) is 11.6. The minimum Gasteiger partial charge on any atom is -0.316 e. The summed E-state index contributed by atoms with van der Waals surface area (Å²) in [6.45, 7) is 9.88. The van der Waals surface area contributed by atoms with Gasteiger partial charge in [0.15, 0.2) is 0 Å². The second-order valence-corrected chi connectivity index (χ2v) is 5.83. The fourth-order valence-electron chi connectivity index (χ4n) is 3.33. The van der Waals surface area contributed by atoms with Gasteiger partial charge in [-0.15, -0.1) is 0 Å². The van der Waals surface area contributed by atoms with Crippen molar-refractivity contribution in [2.45, 2.75) is 38.6 Å². The summed E-state index contributed by atoms with van der Waals surface area (Å²) in [6.07, 6.45) is 5.57. The predicted octanol–water partition coefficient (Wildman–Crippen LogP) is 1.40. The number of hydrogen-bond acceptors (Lipinski definition) is 3. The maximum absolute atomic E-state index is 3.46. The summed E-state index contributed by atoms with van der Waals surface area (Å²) in [5, 5.41) is 3.46. The molecule has 0 saturated carbocycles. The number of likely N-dealkylation sites (N-methyl/N-ethyl adjacent to an activating group) is 2. The van der Waals surface area contributed by atoms with Crippen LogP contribution in [0.25, 0.3) is 0 Å². The Hall–Kier alpha value is -0.120. The van der Waals surface area contributed by atoms with Crippen LogP contribution in [0, 0.1) is 5.92 Å². The Kier molecular flexibility index (Phi) is 5.26. The summed E-state index contributed by atoms with van der Waals surface area (Å²) in [5.74, 6) is 0.934. The first-order valence-corrected chi connectivity index (χ1v) is 7.43. The highest BCUT2D eigenvalue weighted by Crippen LogP contribution is 2.18. The molecule has 0 aromatic heterocycles. The first-order chi connectivity index (χ1) is 8.29. The van der Waals surface area contributed by atoms with Gasteiger partial charge in [-0.05, 0) is 71.4 Å². The standard InChI is InChI=1S/C14H29N3/c1-3-17-9-4-5-14(17)12-16(2)10-7-13-6-8-15-11-13/h13-15H,3-12H2,1-2H3. The molecule has 2 rings (SSSR count). The zero-order valence-electron chi connectivity index (χ0n) is 11.6. The van der Waals surface area contributed by atoms with Gasteiger partial charge in [0.25, 0.3) is 0 Å². The van der Waals surface area contributed by atoms with Gasteiger partial charge >= 0.3 is 0 Å². The van der Waals surface area contributed by atoms with Gasteiger partial charge in [0.1, 0.15) is 0 Å². The Morgan fingerprint density at radius 3 is 2.94 bits per heavy atom. The molecule has 2 heterocycles. The van der Waals surface area contributed by atoms with Crippen LogP contribution < -0.4 is 5.32 Å². The van der Waals surface area contributed by atoms with Gasteiger partial charge in [-0.25, -0.2) is 0 Å². The van der Waals surface area contributed by atoms with Crippen LogP contribution in [0.15, 0.2) is 0 Å². The fraction of sp³-hybridized carbons (Fsp3) is 1.00. The van der Waals surface area contributed by atoms with E-state index in [-0.39, 0.29) is 0 Å². The van der Waals surface area contributed by atoms with E-state index in [9.17, 15) is 0 Å². The summed E-state index contributed by atoms with van der Waals surface area (Å²) >= 11 is 0. The van der Waals surface area contributed by atoms with Crippen molar-refractivity contribution in [3.8, 4) is 0 Å². The average Bonchev–Trinajstić information content (AvgIpc) is 2.97. The lowest BCUT2D eigenvalue weighted by Crippen LogP contribution is -2.39. The molecule has 2 unspecified atom stereocenters. The minimum atomic E-state index is 0.826. The summed E-state index contributed by atoms with van der Waals surface area (Å²) in [6, 6.07) is 0.826. The lowest BCUT2D eigenvalue weighted by Gasteiger charge is -2.28. The lowest BCUT2D eigenvalue weighted by molar-refractivity contribution is 0.193. The number of nitrogens with zero attached hydrogens (tertiary/aromatic N) is 2. The van der Waals surface area contributed by atoms with E-state index >= 15 is 0 Å². The van der Waals surface area contributed by atoms with Crippen LogP contribution in [0.3, 0.4) is 0 Å². The average molecular weight is 239 g/mol. The smallest absolute Gasteiger partial charge is 0.0223 e. The molecule has 17 heavy (non-hydrogen) atoms. The monoisotopic (exact) mass is 239 g/mol. The van der Waals surface area contributed by atoms with Crippen LogP contribution in [-0.2, 0) is 0 Å². The quantitative estimate of drug-likeness (QED) is 0.756. The maximum Gasteiger partial charge on any atom is 0.0223 e. The van der Waals surface area contributed by atoms with Crippen molar-refractivity contribution in [2.24, 2.45) is 5.92 Å². The summed E-state index contributed by atoms with van der Waals surface area (Å²) in [4.78, 5) is 5.20. The summed E-state index contributed by atoms with van der Waals surface area (Å²) < 4.78 is 0. The third-order valence-electron chi connectivity index (χ3n) is 4.51. The fourth-order valence-corrected chi connectivity index (χ4v) is 3.33. The first-order valence-electron chi connectivity index (χ1n) is 7.43. The molecule has 2 atom stereocenters. The first kappa shape index (κ1) is 13.3. The third-order valence-corrected chi connectivity index (χ3v) is 4.51. The van der Waals surface area contributed by atoms with Crippen LogP contribution in [0.5, 0.6) is 0 Å². The van der Waals surface area contributed by atoms with E-state index in [1.807, 2.05) is 0 Å². The highest BCUT2D eigenvalue weighted by Gasteiger charge is 2.24. The highest BCUT2D eigenvalue weighted by atomic mass is 15.2. The molecule has 0 bridgehead atoms. The van der Waals surface area contributed by atoms with Gasteiger partial charge in [0.2, 0.25) is 0 Å². The van der Waals surface area contributed by atoms with Crippen molar-refractivity contribution in [3.63, 3.8) is 0 Å². The van der Waals surface area contributed by atoms with Gasteiger partial charge < -0.3 is 10.2 Å². The molecule has 2 aliphatic rings. The van der Waals surface area contributed by atoms with Crippen molar-refractivity contribution in [1.29, 1.82) is 0 Å². The van der Waals surface area contributed by atoms with E-state index < -0.39 is 0 Å². The molecular weight excluding hydrogens is 210 g/mol. The largest absolute Gasteiger partial charge is 0.316 e. The number of likely N-dealkylation sites (tertiary alicyclic amines) is 1. The molecule has 100 valence electrons. The van der Waals surface area contributed by atoms with Crippen molar-refractivity contribution in [2.75, 3.05) is 46.3 Å². The Morgan fingerprint density at radius 1 is 1.35 bits per heavy atom. The molecule has 1 N–H and O–H groups in total. The van der Waals surface area contributed by atoms with Crippen molar-refractivity contribution >= 4 is 0 Å². The molecule has 0 spiro atoms. The number of nitrogens with one attached hydrogen (secondary N) is 1. The van der Waals surface area contributed by atoms with E-state index in [0.717, 1.165) is 12.0 Å². The van der Waals surface area contributed by atoms with Gasteiger partial charge in [0, 0.05) is 12.6 Å². The second kappa shape index (κ2) is 6.72. The second-order valence-electron chi connectivity index (χ2n) is 5.83. The van der Waals surface area contributed by atoms with Crippen LogP contribution in [0.2, 0.25) is 0 Å². The third kappa shape index (κ3) is 3.94. The van der Waals surface area contributed by atoms with Gasteiger partial charge in [-0.1, -0.05) is 6.92 Å². The van der Waals surface area contributed by atoms with Crippen molar-refractivity contribution in [3.05, 3.63) is 0 Å². The Morgan fingerprint density at radius 2 is 2.24 bits per heavy atom. The van der Waals surface area contributed by atoms with Crippen molar-refractivity contribution < 1.29 is 0 Å². The van der Waals surface area contributed by atoms with E-state index in [1.54, 1.807) is 0 Å². The molecular formula is C14H29N3. The minimum absolute atomic E-state index is 0.826. The molecule has 3 heteroatoms. The van der Waals surface area contributed by atoms with Crippen LogP contribution in [0.4, 0.5) is 0 Å². The molecule has 2 fully saturated rings. The van der Waals surface area contributed by atoms with Gasteiger partial charge in [0.05, 0.1) is 0 Å². The maximum atomic E-state index is 3.46. The predicted molar refractivity (Wildman–Crippen MR) is 73.4 cm³/mol. The van der Waals surface area contributed by atoms with Crippen LogP contribution >= 0.6 is 0 Å². The molecule has 0 aromatic carbocycles. The van der Waals surface area contributed by atoms with Crippen LogP contribution in [0.1, 0.15) is 32.6 Å². The molecule has 0 radical (unpaired) electrons. The van der Waals surface area contributed by atoms with Crippen molar-refractivity contribution in [1.82, 2.24) is 15.1 Å². The summed E-state index contributed by atoms with van der Waals surface area (Å²) in [5.41, 5.74) is 0. The molecule has 2 aliphatic heterocycles. The highest BCUT2D eigenvalue weighted by molar-refractivity contribution is 4.81. The molecule has 0 aromatic rings. The Bertz CT molecular complexity index is 214. The Balaban J connectivity index is 1.64. The lowest BCUT2D eigenvalue weighted by atomic mass is 10.0. The molecule has 0 amide bonds. The number of hydrogen-bond donors (Lipinski definition) is 1. The van der Waals surface area contributed by atoms with E-state index in [0.29, 0.717) is 0 Å². The molecule has 3 nitrogen and oxygen atoms in total. The number of rotatable bonds is 6. The molecule has 2 saturated heterocycles. The summed E-state index contributed by atoms with van der Waals surface area (Å²) in [7, 11) is 2.30. The van der Waals surface area contributed by atoms with E-state index in [2.05, 4.69) is 29.1 Å². The van der Waals surface area contributed by atoms with Gasteiger partial charge in [-0.3, -0.25) is 4.90 Å². The van der Waals surface area contributed by atoms with Gasteiger partial charge in [-0.2, -0.15) is 0 Å². The van der Waals surface area contributed by atoms with Crippen LogP contribution in [-0.4, -0.2) is 62.2 Å². The Labute approximate surface area is 107 Å². The SMILES string of the molecule is CCN1CCCC1CN(C)CCC1CCNC1. The molecule has 0 aliphatic carbocycles. The van der Waals surface area contributed by atoms with E-state index in [4.69, 9.17) is 0 Å². The normalized spacial score (nSPS) is 30.5. The van der Waals surface area contributed by atoms with E-state index in [1.165, 1.54) is 65.0 Å². The topological polar surface area (TPSA) is 18.5 Å². The zero-order chi connectivity index (χ0) is 12.1.